The summed E-state index contributed by atoms with van der Waals surface area (Å²) in [5.41, 5.74) is 11.5. The first-order valence-electron chi connectivity index (χ1n) is 9.70. The van der Waals surface area contributed by atoms with Crippen LogP contribution in [0.5, 0.6) is 0 Å². The molecule has 133 valence electrons. The minimum Gasteiger partial charge on any atom is -0.0642 e. The van der Waals surface area contributed by atoms with Gasteiger partial charge in [-0.05, 0) is 69.6 Å². The van der Waals surface area contributed by atoms with Gasteiger partial charge in [0.05, 0.1) is 0 Å². The highest BCUT2D eigenvalue weighted by Crippen LogP contribution is 2.38. The molecule has 0 heteroatoms. The predicted octanol–water partition coefficient (Wildman–Crippen LogP) is 7.66. The van der Waals surface area contributed by atoms with Gasteiger partial charge in [0.25, 0.3) is 0 Å². The number of allylic oxidation sites excluding steroid dienone is 1. The highest BCUT2D eigenvalue weighted by atomic mass is 14.2. The lowest BCUT2D eigenvalue weighted by atomic mass is 9.91. The van der Waals surface area contributed by atoms with Crippen LogP contribution in [0.4, 0.5) is 0 Å². The number of hydrogen-bond donors (Lipinski definition) is 0. The van der Waals surface area contributed by atoms with Crippen LogP contribution in [0.1, 0.15) is 18.1 Å². The predicted molar refractivity (Wildman–Crippen MR) is 120 cm³/mol. The number of hydrogen-bond acceptors (Lipinski definition) is 0. The molecule has 0 saturated heterocycles. The van der Waals surface area contributed by atoms with E-state index in [0.717, 1.165) is 0 Å². The van der Waals surface area contributed by atoms with Gasteiger partial charge in [-0.2, -0.15) is 0 Å². The van der Waals surface area contributed by atoms with Crippen LogP contribution in [-0.2, 0) is 0 Å². The maximum atomic E-state index is 2.32. The Balaban J connectivity index is 1.74. The largest absolute Gasteiger partial charge is 0.0642 e. The van der Waals surface area contributed by atoms with Gasteiger partial charge < -0.3 is 0 Å². The van der Waals surface area contributed by atoms with E-state index < -0.39 is 0 Å². The summed E-state index contributed by atoms with van der Waals surface area (Å²) in [7, 11) is 0. The summed E-state index contributed by atoms with van der Waals surface area (Å²) in [6.45, 7) is 2.17. The van der Waals surface area contributed by atoms with Gasteiger partial charge in [0.15, 0.2) is 0 Å². The molecule has 1 radical (unpaired) electrons. The van der Waals surface area contributed by atoms with E-state index in [1.165, 1.54) is 50.1 Å². The molecule has 0 bridgehead atoms. The topological polar surface area (TPSA) is 0 Å². The second kappa shape index (κ2) is 6.98. The minimum atomic E-state index is 1.24. The second-order valence-corrected chi connectivity index (χ2v) is 7.37. The summed E-state index contributed by atoms with van der Waals surface area (Å²) >= 11 is 0. The lowest BCUT2D eigenvalue weighted by molar-refractivity contribution is 1.44. The molecule has 0 aliphatic heterocycles. The van der Waals surface area contributed by atoms with Crippen LogP contribution in [0.2, 0.25) is 0 Å². The summed E-state index contributed by atoms with van der Waals surface area (Å²) in [5.74, 6) is 0. The Bertz CT molecular complexity index is 1110. The fraction of sp³-hybridized carbons (Fsp3) is 0.0357. The van der Waals surface area contributed by atoms with Crippen molar-refractivity contribution in [2.45, 2.75) is 6.92 Å². The van der Waals surface area contributed by atoms with E-state index in [-0.39, 0.29) is 0 Å². The van der Waals surface area contributed by atoms with Gasteiger partial charge in [0.2, 0.25) is 0 Å². The summed E-state index contributed by atoms with van der Waals surface area (Å²) < 4.78 is 0. The van der Waals surface area contributed by atoms with Crippen LogP contribution >= 0.6 is 0 Å². The van der Waals surface area contributed by atoms with Crippen molar-refractivity contribution in [1.82, 2.24) is 0 Å². The van der Waals surface area contributed by atoms with Crippen molar-refractivity contribution in [2.75, 3.05) is 0 Å². The Labute approximate surface area is 166 Å². The van der Waals surface area contributed by atoms with Crippen molar-refractivity contribution in [3.05, 3.63) is 120 Å². The zero-order valence-electron chi connectivity index (χ0n) is 15.9. The first-order valence-corrected chi connectivity index (χ1v) is 9.70. The third kappa shape index (κ3) is 3.08. The van der Waals surface area contributed by atoms with E-state index in [9.17, 15) is 0 Å². The number of rotatable bonds is 3. The molecular formula is C28H21. The first kappa shape index (κ1) is 16.8. The SMILES string of the molecule is CC1=Cc2c(cccc2-c2cc(-c3ccccc3)cc(-c3ccccc3)c2)[CH]1. The Morgan fingerprint density at radius 3 is 1.68 bits per heavy atom. The molecule has 1 aliphatic carbocycles. The fourth-order valence-electron chi connectivity index (χ4n) is 4.01. The normalized spacial score (nSPS) is 12.5. The fourth-order valence-corrected chi connectivity index (χ4v) is 4.01. The molecule has 1 aliphatic rings. The molecule has 4 aromatic carbocycles. The van der Waals surface area contributed by atoms with Gasteiger partial charge in [-0.1, -0.05) is 90.5 Å². The quantitative estimate of drug-likeness (QED) is 0.353. The molecule has 0 aromatic heterocycles. The summed E-state index contributed by atoms with van der Waals surface area (Å²) in [5, 5.41) is 0. The smallest absolute Gasteiger partial charge is 0.0161 e. The molecule has 0 spiro atoms. The maximum Gasteiger partial charge on any atom is 0.0161 e. The first-order chi connectivity index (χ1) is 13.8. The molecule has 0 nitrogen and oxygen atoms in total. The van der Waals surface area contributed by atoms with E-state index in [2.05, 4.69) is 116 Å². The molecule has 0 N–H and O–H groups in total. The van der Waals surface area contributed by atoms with E-state index in [1.54, 1.807) is 0 Å². The summed E-state index contributed by atoms with van der Waals surface area (Å²) in [6, 6.07) is 34.8. The molecule has 0 atom stereocenters. The lowest BCUT2D eigenvalue weighted by Crippen LogP contribution is -1.89. The van der Waals surface area contributed by atoms with Crippen LogP contribution in [0.3, 0.4) is 0 Å². The Morgan fingerprint density at radius 1 is 0.500 bits per heavy atom. The highest BCUT2D eigenvalue weighted by Gasteiger charge is 2.16. The van der Waals surface area contributed by atoms with Crippen molar-refractivity contribution in [1.29, 1.82) is 0 Å². The molecule has 0 unspecified atom stereocenters. The Hall–Kier alpha value is -3.38. The highest BCUT2D eigenvalue weighted by molar-refractivity contribution is 5.87. The maximum absolute atomic E-state index is 2.32. The zero-order valence-corrected chi connectivity index (χ0v) is 15.9. The number of benzene rings is 4. The number of fused-ring (bicyclic) bond motifs is 1. The molecular weight excluding hydrogens is 336 g/mol. The average Bonchev–Trinajstić information content (AvgIpc) is 3.15. The molecule has 0 heterocycles. The van der Waals surface area contributed by atoms with Gasteiger partial charge in [-0.15, -0.1) is 0 Å². The monoisotopic (exact) mass is 357 g/mol. The van der Waals surface area contributed by atoms with Crippen LogP contribution in [0.15, 0.2) is 103 Å². The van der Waals surface area contributed by atoms with Crippen molar-refractivity contribution < 1.29 is 0 Å². The van der Waals surface area contributed by atoms with Gasteiger partial charge in [-0.25, -0.2) is 0 Å². The van der Waals surface area contributed by atoms with E-state index in [4.69, 9.17) is 0 Å². The average molecular weight is 357 g/mol. The van der Waals surface area contributed by atoms with Gasteiger partial charge >= 0.3 is 0 Å². The molecule has 0 fully saturated rings. The molecule has 0 amide bonds. The third-order valence-corrected chi connectivity index (χ3v) is 5.35. The molecule has 5 rings (SSSR count). The van der Waals surface area contributed by atoms with E-state index in [0.29, 0.717) is 0 Å². The van der Waals surface area contributed by atoms with Crippen molar-refractivity contribution in [3.8, 4) is 33.4 Å². The molecule has 28 heavy (non-hydrogen) atoms. The van der Waals surface area contributed by atoms with E-state index >= 15 is 0 Å². The third-order valence-electron chi connectivity index (χ3n) is 5.35. The molecule has 4 aromatic rings. The van der Waals surface area contributed by atoms with Crippen LogP contribution < -0.4 is 0 Å². The van der Waals surface area contributed by atoms with Crippen LogP contribution in [-0.4, -0.2) is 0 Å². The van der Waals surface area contributed by atoms with Gasteiger partial charge in [-0.3, -0.25) is 0 Å². The van der Waals surface area contributed by atoms with Crippen molar-refractivity contribution in [3.63, 3.8) is 0 Å². The lowest BCUT2D eigenvalue weighted by Gasteiger charge is -2.13. The van der Waals surface area contributed by atoms with Crippen molar-refractivity contribution >= 4 is 6.08 Å². The van der Waals surface area contributed by atoms with E-state index in [1.807, 2.05) is 0 Å². The van der Waals surface area contributed by atoms with Crippen LogP contribution in [0, 0.1) is 6.42 Å². The Kier molecular flexibility index (Phi) is 4.18. The molecule has 0 saturated carbocycles. The van der Waals surface area contributed by atoms with Gasteiger partial charge in [0.1, 0.15) is 0 Å². The van der Waals surface area contributed by atoms with Gasteiger partial charge in [0, 0.05) is 6.42 Å². The minimum absolute atomic E-state index is 1.24. The zero-order chi connectivity index (χ0) is 18.9. The standard InChI is InChI=1S/C28H21/c1-20-15-23-13-8-14-27(28(23)16-20)26-18-24(21-9-4-2-5-10-21)17-25(19-26)22-11-6-3-7-12-22/h2-19H,1H3. The summed E-state index contributed by atoms with van der Waals surface area (Å²) in [6.07, 6.45) is 4.56. The summed E-state index contributed by atoms with van der Waals surface area (Å²) in [4.78, 5) is 0. The van der Waals surface area contributed by atoms with Crippen molar-refractivity contribution in [2.24, 2.45) is 0 Å². The van der Waals surface area contributed by atoms with Crippen LogP contribution in [0.25, 0.3) is 39.5 Å². The Morgan fingerprint density at radius 2 is 1.07 bits per heavy atom. The second-order valence-electron chi connectivity index (χ2n) is 7.37.